The molecule has 4 nitrogen and oxygen atoms in total. The molecule has 1 amide bonds. The Bertz CT molecular complexity index is 554. The molecule has 1 fully saturated rings. The van der Waals surface area contributed by atoms with Crippen molar-refractivity contribution in [2.24, 2.45) is 5.92 Å². The fourth-order valence-corrected chi connectivity index (χ4v) is 2.99. The molecule has 0 spiro atoms. The van der Waals surface area contributed by atoms with E-state index in [1.54, 1.807) is 12.0 Å². The predicted octanol–water partition coefficient (Wildman–Crippen LogP) is 2.73. The Morgan fingerprint density at radius 2 is 2.32 bits per heavy atom. The van der Waals surface area contributed by atoms with Crippen LogP contribution in [-0.4, -0.2) is 48.3 Å². The highest BCUT2D eigenvalue weighted by Crippen LogP contribution is 2.31. The monoisotopic (exact) mass is 329 g/mol. The van der Waals surface area contributed by atoms with E-state index in [-0.39, 0.29) is 16.8 Å². The molecular weight excluding hydrogens is 309 g/mol. The third-order valence-electron chi connectivity index (χ3n) is 4.42. The number of halogens is 2. The van der Waals surface area contributed by atoms with Crippen molar-refractivity contribution >= 4 is 17.5 Å². The van der Waals surface area contributed by atoms with Gasteiger partial charge in [-0.2, -0.15) is 0 Å². The largest absolute Gasteiger partial charge is 0.389 e. The van der Waals surface area contributed by atoms with E-state index in [4.69, 9.17) is 16.3 Å². The quantitative estimate of drug-likeness (QED) is 0.924. The summed E-state index contributed by atoms with van der Waals surface area (Å²) in [5.74, 6) is -0.794. The normalized spacial score (nSPS) is 25.3. The van der Waals surface area contributed by atoms with Gasteiger partial charge in [0, 0.05) is 38.3 Å². The van der Waals surface area contributed by atoms with Crippen molar-refractivity contribution in [3.05, 3.63) is 34.6 Å². The zero-order valence-electron chi connectivity index (χ0n) is 12.8. The second-order valence-electron chi connectivity index (χ2n) is 5.88. The van der Waals surface area contributed by atoms with Gasteiger partial charge in [0.2, 0.25) is 0 Å². The summed E-state index contributed by atoms with van der Waals surface area (Å²) in [4.78, 5) is 14.1. The smallest absolute Gasteiger partial charge is 0.253 e. The van der Waals surface area contributed by atoms with Gasteiger partial charge in [0.05, 0.1) is 10.6 Å². The molecule has 0 radical (unpaired) electrons. The molecule has 122 valence electrons. The topological polar surface area (TPSA) is 49.8 Å². The second kappa shape index (κ2) is 6.94. The van der Waals surface area contributed by atoms with Gasteiger partial charge < -0.3 is 14.7 Å². The molecule has 2 rings (SSSR count). The molecule has 0 bridgehead atoms. The van der Waals surface area contributed by atoms with Crippen molar-refractivity contribution in [1.82, 2.24) is 4.90 Å². The lowest BCUT2D eigenvalue weighted by atomic mass is 9.79. The van der Waals surface area contributed by atoms with Gasteiger partial charge in [-0.25, -0.2) is 4.39 Å². The van der Waals surface area contributed by atoms with E-state index in [0.717, 1.165) is 0 Å². The fourth-order valence-electron chi connectivity index (χ4n) is 2.81. The van der Waals surface area contributed by atoms with Gasteiger partial charge in [0.1, 0.15) is 5.82 Å². The number of carbonyl (C=O) groups is 1. The van der Waals surface area contributed by atoms with Crippen LogP contribution >= 0.6 is 11.6 Å². The summed E-state index contributed by atoms with van der Waals surface area (Å²) in [6.45, 7) is 3.32. The number of amides is 1. The summed E-state index contributed by atoms with van der Waals surface area (Å²) in [6, 6.07) is 3.97. The first kappa shape index (κ1) is 17.2. The maximum atomic E-state index is 13.2. The van der Waals surface area contributed by atoms with E-state index >= 15 is 0 Å². The zero-order chi connectivity index (χ0) is 16.3. The summed E-state index contributed by atoms with van der Waals surface area (Å²) in [7, 11) is 1.60. The Hall–Kier alpha value is -1.17. The van der Waals surface area contributed by atoms with Crippen molar-refractivity contribution in [2.75, 3.05) is 26.8 Å². The molecule has 1 aromatic rings. The molecule has 0 aliphatic carbocycles. The van der Waals surface area contributed by atoms with Gasteiger partial charge in [-0.15, -0.1) is 0 Å². The van der Waals surface area contributed by atoms with Crippen LogP contribution in [0.3, 0.4) is 0 Å². The van der Waals surface area contributed by atoms with E-state index in [0.29, 0.717) is 38.1 Å². The predicted molar refractivity (Wildman–Crippen MR) is 82.5 cm³/mol. The molecule has 1 aliphatic heterocycles. The molecule has 0 saturated carbocycles. The number of hydrogen-bond acceptors (Lipinski definition) is 3. The van der Waals surface area contributed by atoms with Crippen LogP contribution in [0.15, 0.2) is 18.2 Å². The summed E-state index contributed by atoms with van der Waals surface area (Å²) in [6.07, 6.45) is 1.05. The Balaban J connectivity index is 2.06. The van der Waals surface area contributed by atoms with E-state index in [2.05, 4.69) is 0 Å². The van der Waals surface area contributed by atoms with Crippen LogP contribution in [0.5, 0.6) is 0 Å². The van der Waals surface area contributed by atoms with Crippen LogP contribution in [0.2, 0.25) is 5.02 Å². The first-order valence-electron chi connectivity index (χ1n) is 7.33. The lowest BCUT2D eigenvalue weighted by molar-refractivity contribution is -0.0750. The molecule has 0 unspecified atom stereocenters. The summed E-state index contributed by atoms with van der Waals surface area (Å²) >= 11 is 5.73. The van der Waals surface area contributed by atoms with Gasteiger partial charge >= 0.3 is 0 Å². The van der Waals surface area contributed by atoms with Crippen LogP contribution in [0.4, 0.5) is 4.39 Å². The Kier molecular flexibility index (Phi) is 5.42. The fraction of sp³-hybridized carbons (Fsp3) is 0.562. The van der Waals surface area contributed by atoms with Crippen molar-refractivity contribution in [1.29, 1.82) is 0 Å². The molecule has 1 N–H and O–H groups in total. The molecule has 2 atom stereocenters. The van der Waals surface area contributed by atoms with Gasteiger partial charge in [-0.05, 0) is 31.0 Å². The van der Waals surface area contributed by atoms with E-state index < -0.39 is 11.4 Å². The van der Waals surface area contributed by atoms with Crippen LogP contribution in [0, 0.1) is 11.7 Å². The van der Waals surface area contributed by atoms with Crippen molar-refractivity contribution in [2.45, 2.75) is 25.4 Å². The molecule has 1 aliphatic rings. The highest BCUT2D eigenvalue weighted by molar-refractivity contribution is 6.31. The van der Waals surface area contributed by atoms with Gasteiger partial charge in [0.15, 0.2) is 0 Å². The first-order valence-corrected chi connectivity index (χ1v) is 7.71. The van der Waals surface area contributed by atoms with E-state index in [1.807, 2.05) is 6.92 Å². The van der Waals surface area contributed by atoms with Crippen molar-refractivity contribution < 1.29 is 19.0 Å². The number of piperidine rings is 1. The van der Waals surface area contributed by atoms with Crippen molar-refractivity contribution in [3.63, 3.8) is 0 Å². The number of carbonyl (C=O) groups excluding carboxylic acids is 1. The average Bonchev–Trinajstić information content (AvgIpc) is 2.50. The maximum Gasteiger partial charge on any atom is 0.253 e. The first-order chi connectivity index (χ1) is 10.4. The zero-order valence-corrected chi connectivity index (χ0v) is 13.6. The summed E-state index contributed by atoms with van der Waals surface area (Å²) in [5.41, 5.74) is -0.450. The highest BCUT2D eigenvalue weighted by atomic mass is 35.5. The van der Waals surface area contributed by atoms with Crippen LogP contribution in [0.25, 0.3) is 0 Å². The van der Waals surface area contributed by atoms with Crippen molar-refractivity contribution in [3.8, 4) is 0 Å². The van der Waals surface area contributed by atoms with Crippen LogP contribution in [-0.2, 0) is 4.74 Å². The minimum atomic E-state index is -0.812. The molecule has 6 heteroatoms. The van der Waals surface area contributed by atoms with Crippen LogP contribution in [0.1, 0.15) is 30.1 Å². The third kappa shape index (κ3) is 3.59. The van der Waals surface area contributed by atoms with Gasteiger partial charge in [0.25, 0.3) is 5.91 Å². The van der Waals surface area contributed by atoms with Crippen LogP contribution < -0.4 is 0 Å². The number of ether oxygens (including phenoxy) is 1. The third-order valence-corrected chi connectivity index (χ3v) is 4.71. The number of methoxy groups -OCH3 is 1. The second-order valence-corrected chi connectivity index (χ2v) is 6.28. The number of nitrogens with zero attached hydrogens (tertiary/aromatic N) is 1. The number of rotatable bonds is 4. The van der Waals surface area contributed by atoms with E-state index in [9.17, 15) is 14.3 Å². The standard InChI is InChI=1S/C16H21ClFNO3/c1-11-10-19(7-5-16(11,21)6-8-22-2)15(20)12-3-4-14(18)13(17)9-12/h3-4,9,11,21H,5-8,10H2,1-2H3/t11-,16-/m0/s1. The van der Waals surface area contributed by atoms with Gasteiger partial charge in [-0.3, -0.25) is 4.79 Å². The Labute approximate surface area is 134 Å². The number of likely N-dealkylation sites (tertiary alicyclic amines) is 1. The number of hydrogen-bond donors (Lipinski definition) is 1. The molecular formula is C16H21ClFNO3. The molecule has 1 saturated heterocycles. The molecule has 1 heterocycles. The number of benzene rings is 1. The minimum Gasteiger partial charge on any atom is -0.389 e. The number of aliphatic hydroxyl groups is 1. The summed E-state index contributed by atoms with van der Waals surface area (Å²) in [5, 5.41) is 10.6. The van der Waals surface area contributed by atoms with Gasteiger partial charge in [-0.1, -0.05) is 18.5 Å². The average molecular weight is 330 g/mol. The molecule has 0 aromatic heterocycles. The highest BCUT2D eigenvalue weighted by Gasteiger charge is 2.39. The summed E-state index contributed by atoms with van der Waals surface area (Å²) < 4.78 is 18.2. The molecule has 1 aromatic carbocycles. The van der Waals surface area contributed by atoms with E-state index in [1.165, 1.54) is 18.2 Å². The lowest BCUT2D eigenvalue weighted by Gasteiger charge is -2.43. The SMILES string of the molecule is COCC[C@@]1(O)CCN(C(=O)c2ccc(F)c(Cl)c2)C[C@@H]1C. The maximum absolute atomic E-state index is 13.2. The Morgan fingerprint density at radius 1 is 1.59 bits per heavy atom. The lowest BCUT2D eigenvalue weighted by Crippen LogP contribution is -2.52. The Morgan fingerprint density at radius 3 is 2.91 bits per heavy atom. The molecule has 22 heavy (non-hydrogen) atoms. The minimum absolute atomic E-state index is 0.0590.